The third kappa shape index (κ3) is 3.24. The van der Waals surface area contributed by atoms with E-state index in [4.69, 9.17) is 10.00 Å². The third-order valence-electron chi connectivity index (χ3n) is 3.56. The first-order chi connectivity index (χ1) is 11.6. The number of hydrogen-bond donors (Lipinski definition) is 0. The highest BCUT2D eigenvalue weighted by molar-refractivity contribution is 7.98. The zero-order valence-corrected chi connectivity index (χ0v) is 13.7. The standard InChI is InChI=1S/C19H13NO3S/c1-12(21)23-15(10-20)8-13-6-7-17-18(9-13)24-11-14-4-2-3-5-16(14)19(17)22/h2-9H,11H2,1H3. The second-order valence-electron chi connectivity index (χ2n) is 5.24. The molecule has 4 nitrogen and oxygen atoms in total. The Morgan fingerprint density at radius 1 is 1.25 bits per heavy atom. The molecule has 0 radical (unpaired) electrons. The summed E-state index contributed by atoms with van der Waals surface area (Å²) < 4.78 is 4.83. The fraction of sp³-hybridized carbons (Fsp3) is 0.105. The number of carbonyl (C=O) groups excluding carboxylic acids is 2. The molecule has 0 saturated carbocycles. The van der Waals surface area contributed by atoms with Gasteiger partial charge in [0.1, 0.15) is 6.07 Å². The lowest BCUT2D eigenvalue weighted by Gasteiger charge is -2.06. The molecule has 0 spiro atoms. The number of nitrogens with zero attached hydrogens (tertiary/aromatic N) is 1. The minimum atomic E-state index is -0.544. The van der Waals surface area contributed by atoms with Crippen molar-refractivity contribution in [3.05, 3.63) is 70.5 Å². The lowest BCUT2D eigenvalue weighted by Crippen LogP contribution is -2.03. The Bertz CT molecular complexity index is 909. The predicted octanol–water partition coefficient (Wildman–Crippen LogP) is 3.95. The smallest absolute Gasteiger partial charge is 0.308 e. The predicted molar refractivity (Wildman–Crippen MR) is 91.2 cm³/mol. The van der Waals surface area contributed by atoms with E-state index < -0.39 is 5.97 Å². The van der Waals surface area contributed by atoms with Crippen LogP contribution in [0.2, 0.25) is 0 Å². The zero-order valence-electron chi connectivity index (χ0n) is 12.9. The van der Waals surface area contributed by atoms with Crippen LogP contribution < -0.4 is 0 Å². The van der Waals surface area contributed by atoms with Gasteiger partial charge in [-0.25, -0.2) is 0 Å². The molecule has 0 saturated heterocycles. The summed E-state index contributed by atoms with van der Waals surface area (Å²) in [6.45, 7) is 1.24. The molecule has 2 aromatic rings. The lowest BCUT2D eigenvalue weighted by molar-refractivity contribution is -0.136. The number of rotatable bonds is 2. The number of hydrogen-bond acceptors (Lipinski definition) is 5. The van der Waals surface area contributed by atoms with Gasteiger partial charge in [0.2, 0.25) is 5.76 Å². The van der Waals surface area contributed by atoms with Crippen LogP contribution in [-0.4, -0.2) is 11.8 Å². The van der Waals surface area contributed by atoms with E-state index >= 15 is 0 Å². The van der Waals surface area contributed by atoms with Crippen molar-refractivity contribution < 1.29 is 14.3 Å². The van der Waals surface area contributed by atoms with Gasteiger partial charge < -0.3 is 4.74 Å². The van der Waals surface area contributed by atoms with Crippen molar-refractivity contribution >= 4 is 29.6 Å². The first-order valence-electron chi connectivity index (χ1n) is 7.28. The summed E-state index contributed by atoms with van der Waals surface area (Å²) in [5, 5.41) is 9.03. The molecule has 24 heavy (non-hydrogen) atoms. The summed E-state index contributed by atoms with van der Waals surface area (Å²) in [7, 11) is 0. The number of allylic oxidation sites excluding steroid dienone is 1. The molecule has 118 valence electrons. The highest BCUT2D eigenvalue weighted by Gasteiger charge is 2.21. The van der Waals surface area contributed by atoms with Gasteiger partial charge in [-0.2, -0.15) is 5.26 Å². The van der Waals surface area contributed by atoms with Crippen LogP contribution in [0.25, 0.3) is 6.08 Å². The Labute approximate surface area is 143 Å². The molecule has 0 amide bonds. The molecule has 0 unspecified atom stereocenters. The Morgan fingerprint density at radius 2 is 2.04 bits per heavy atom. The van der Waals surface area contributed by atoms with Crippen LogP contribution in [-0.2, 0) is 15.3 Å². The van der Waals surface area contributed by atoms with Gasteiger partial charge in [-0.1, -0.05) is 30.3 Å². The largest absolute Gasteiger partial charge is 0.415 e. The van der Waals surface area contributed by atoms with Gasteiger partial charge in [-0.05, 0) is 29.3 Å². The number of ketones is 1. The van der Waals surface area contributed by atoms with Crippen LogP contribution >= 0.6 is 11.8 Å². The first kappa shape index (κ1) is 16.0. The van der Waals surface area contributed by atoms with E-state index in [2.05, 4.69) is 0 Å². The van der Waals surface area contributed by atoms with E-state index in [0.29, 0.717) is 16.9 Å². The molecule has 0 fully saturated rings. The lowest BCUT2D eigenvalue weighted by atomic mass is 9.98. The number of benzene rings is 2. The summed E-state index contributed by atoms with van der Waals surface area (Å²) in [6, 6.07) is 14.8. The van der Waals surface area contributed by atoms with Crippen molar-refractivity contribution in [2.75, 3.05) is 0 Å². The molecule has 2 aromatic carbocycles. The van der Waals surface area contributed by atoms with E-state index in [-0.39, 0.29) is 11.5 Å². The molecule has 0 bridgehead atoms. The van der Waals surface area contributed by atoms with E-state index in [1.165, 1.54) is 13.0 Å². The average molecular weight is 335 g/mol. The molecule has 5 heteroatoms. The average Bonchev–Trinajstić information content (AvgIpc) is 2.71. The van der Waals surface area contributed by atoms with E-state index in [9.17, 15) is 9.59 Å². The molecule has 1 heterocycles. The molecule has 1 aliphatic heterocycles. The second kappa shape index (κ2) is 6.73. The SMILES string of the molecule is CC(=O)OC(C#N)=Cc1ccc2c(c1)SCc1ccccc1C2=O. The number of ether oxygens (including phenoxy) is 1. The number of fused-ring (bicyclic) bond motifs is 2. The normalized spacial score (nSPS) is 13.3. The molecule has 0 atom stereocenters. The fourth-order valence-corrected chi connectivity index (χ4v) is 3.59. The zero-order chi connectivity index (χ0) is 17.1. The van der Waals surface area contributed by atoms with Crippen LogP contribution in [0.1, 0.15) is 34.0 Å². The van der Waals surface area contributed by atoms with Crippen molar-refractivity contribution in [2.45, 2.75) is 17.6 Å². The van der Waals surface area contributed by atoms with Gasteiger partial charge >= 0.3 is 5.97 Å². The van der Waals surface area contributed by atoms with Gasteiger partial charge in [0.05, 0.1) is 0 Å². The van der Waals surface area contributed by atoms with Crippen molar-refractivity contribution in [1.82, 2.24) is 0 Å². The molecule has 0 aromatic heterocycles. The van der Waals surface area contributed by atoms with Crippen molar-refractivity contribution in [3.63, 3.8) is 0 Å². The first-order valence-corrected chi connectivity index (χ1v) is 8.26. The number of nitriles is 1. The summed E-state index contributed by atoms with van der Waals surface area (Å²) in [5.41, 5.74) is 3.09. The Balaban J connectivity index is 1.99. The molecular formula is C19H13NO3S. The van der Waals surface area contributed by atoms with Gasteiger partial charge in [0.15, 0.2) is 5.78 Å². The minimum Gasteiger partial charge on any atom is -0.415 e. The van der Waals surface area contributed by atoms with E-state index in [1.807, 2.05) is 36.4 Å². The van der Waals surface area contributed by atoms with Crippen LogP contribution in [0.5, 0.6) is 0 Å². The summed E-state index contributed by atoms with van der Waals surface area (Å²) in [6.07, 6.45) is 1.49. The van der Waals surface area contributed by atoms with Crippen LogP contribution in [0.4, 0.5) is 0 Å². The molecule has 0 N–H and O–H groups in total. The summed E-state index contributed by atoms with van der Waals surface area (Å²) in [5.74, 6) is 0.0896. The highest BCUT2D eigenvalue weighted by Crippen LogP contribution is 2.34. The molecular weight excluding hydrogens is 322 g/mol. The van der Waals surface area contributed by atoms with Gasteiger partial charge in [0.25, 0.3) is 0 Å². The maximum absolute atomic E-state index is 12.7. The third-order valence-corrected chi connectivity index (χ3v) is 4.66. The maximum atomic E-state index is 12.7. The van der Waals surface area contributed by atoms with Gasteiger partial charge in [-0.3, -0.25) is 9.59 Å². The van der Waals surface area contributed by atoms with Crippen LogP contribution in [0.15, 0.2) is 53.1 Å². The van der Waals surface area contributed by atoms with E-state index in [1.54, 1.807) is 23.9 Å². The fourth-order valence-electron chi connectivity index (χ4n) is 2.49. The van der Waals surface area contributed by atoms with Gasteiger partial charge in [-0.15, -0.1) is 11.8 Å². The molecule has 0 aliphatic carbocycles. The Kier molecular flexibility index (Phi) is 4.50. The minimum absolute atomic E-state index is 0.00150. The summed E-state index contributed by atoms with van der Waals surface area (Å²) >= 11 is 1.58. The molecule has 1 aliphatic rings. The monoisotopic (exact) mass is 335 g/mol. The Morgan fingerprint density at radius 3 is 2.79 bits per heavy atom. The number of esters is 1. The maximum Gasteiger partial charge on any atom is 0.308 e. The van der Waals surface area contributed by atoms with Crippen LogP contribution in [0.3, 0.4) is 0 Å². The number of carbonyl (C=O) groups is 2. The molecule has 3 rings (SSSR count). The van der Waals surface area contributed by atoms with Crippen molar-refractivity contribution in [1.29, 1.82) is 5.26 Å². The van der Waals surface area contributed by atoms with Crippen molar-refractivity contribution in [3.8, 4) is 6.07 Å². The summed E-state index contributed by atoms with van der Waals surface area (Å²) in [4.78, 5) is 24.6. The topological polar surface area (TPSA) is 67.2 Å². The Hall–Kier alpha value is -2.84. The van der Waals surface area contributed by atoms with E-state index in [0.717, 1.165) is 16.0 Å². The quantitative estimate of drug-likeness (QED) is 0.472. The van der Waals surface area contributed by atoms with Crippen LogP contribution in [0, 0.1) is 11.3 Å². The van der Waals surface area contributed by atoms with Crippen molar-refractivity contribution in [2.24, 2.45) is 0 Å². The highest BCUT2D eigenvalue weighted by atomic mass is 32.2. The number of thioether (sulfide) groups is 1. The van der Waals surface area contributed by atoms with Gasteiger partial charge in [0, 0.05) is 28.7 Å². The second-order valence-corrected chi connectivity index (χ2v) is 6.26.